The molecule has 6 heterocycles. The van der Waals surface area contributed by atoms with Crippen LogP contribution in [-0.2, 0) is 0 Å². The van der Waals surface area contributed by atoms with E-state index in [-0.39, 0.29) is 6.71 Å². The molecular weight excluding hydrogens is 537 g/mol. The average molecular weight is 559 g/mol. The molecule has 3 aromatic heterocycles. The summed E-state index contributed by atoms with van der Waals surface area (Å²) in [4.78, 5) is 0. The van der Waals surface area contributed by atoms with E-state index in [0.29, 0.717) is 0 Å². The first-order valence-corrected chi connectivity index (χ1v) is 15.3. The van der Waals surface area contributed by atoms with Crippen LogP contribution < -0.4 is 21.1 Å². The molecule has 44 heavy (non-hydrogen) atoms. The Bertz CT molecular complexity index is 2820. The molecule has 0 unspecified atom stereocenters. The van der Waals surface area contributed by atoms with Crippen molar-refractivity contribution in [3.8, 4) is 34.0 Å². The van der Waals surface area contributed by atoms with Gasteiger partial charge in [-0.05, 0) is 70.8 Å². The Hall–Kier alpha value is -5.68. The van der Waals surface area contributed by atoms with Gasteiger partial charge in [-0.3, -0.25) is 8.97 Å². The molecular formula is C39H22BN3O. The minimum absolute atomic E-state index is 0.139. The van der Waals surface area contributed by atoms with Crippen molar-refractivity contribution in [2.24, 2.45) is 0 Å². The third-order valence-corrected chi connectivity index (χ3v) is 10.6. The number of imidazole rings is 1. The molecule has 202 valence electrons. The van der Waals surface area contributed by atoms with Gasteiger partial charge in [0.25, 0.3) is 6.71 Å². The predicted octanol–water partition coefficient (Wildman–Crippen LogP) is 7.36. The molecule has 0 saturated carbocycles. The van der Waals surface area contributed by atoms with Crippen molar-refractivity contribution < 1.29 is 4.74 Å². The van der Waals surface area contributed by atoms with Crippen molar-refractivity contribution in [2.75, 3.05) is 0 Å². The number of benzene rings is 6. The highest BCUT2D eigenvalue weighted by Gasteiger charge is 2.48. The fourth-order valence-corrected chi connectivity index (χ4v) is 9.05. The normalized spacial score (nSPS) is 13.7. The van der Waals surface area contributed by atoms with Crippen molar-refractivity contribution >= 4 is 72.5 Å². The molecule has 0 spiro atoms. The number of rotatable bonds is 1. The molecule has 0 N–H and O–H groups in total. The van der Waals surface area contributed by atoms with Crippen LogP contribution in [-0.4, -0.2) is 20.2 Å². The summed E-state index contributed by atoms with van der Waals surface area (Å²) >= 11 is 0. The van der Waals surface area contributed by atoms with Crippen LogP contribution in [0.25, 0.3) is 71.9 Å². The second-order valence-electron chi connectivity index (χ2n) is 12.5. The van der Waals surface area contributed by atoms with Crippen LogP contribution in [0.5, 0.6) is 11.5 Å². The molecule has 0 amide bonds. The van der Waals surface area contributed by atoms with Gasteiger partial charge in [-0.1, -0.05) is 78.9 Å². The van der Waals surface area contributed by atoms with Gasteiger partial charge in [0.15, 0.2) is 0 Å². The third kappa shape index (κ3) is 2.18. The zero-order valence-corrected chi connectivity index (χ0v) is 23.8. The van der Waals surface area contributed by atoms with Crippen molar-refractivity contribution in [2.45, 2.75) is 6.92 Å². The van der Waals surface area contributed by atoms with Crippen LogP contribution >= 0.6 is 0 Å². The van der Waals surface area contributed by atoms with Crippen LogP contribution in [0.1, 0.15) is 5.56 Å². The standard InChI is InChI=1S/C39H22BN3O/c1-21-23-13-5-7-17-27(23)42-37-35-31(26-14-6-8-18-28(26)41(35)22-11-3-2-4-12-22)38-34-36(37)43(39(21)42)29-19-9-15-24-25-16-10-20-30(44-38)33(25)40(34)32(24)29/h2-20H,1H3. The quantitative estimate of drug-likeness (QED) is 0.193. The Kier molecular flexibility index (Phi) is 3.54. The van der Waals surface area contributed by atoms with E-state index in [1.165, 1.54) is 88.2 Å². The van der Waals surface area contributed by atoms with Crippen molar-refractivity contribution in [1.29, 1.82) is 0 Å². The summed E-state index contributed by atoms with van der Waals surface area (Å²) in [5.74, 6) is 1.98. The third-order valence-electron chi connectivity index (χ3n) is 10.6. The second kappa shape index (κ2) is 7.09. The SMILES string of the molecule is Cc1c2ccccc2n2c3c4c5c(c6c7ccccc7n(-c7ccccc7)c63)Oc3cccc6c3B5c3c-6cccc3-n4c12. The molecule has 0 bridgehead atoms. The zero-order valence-electron chi connectivity index (χ0n) is 23.8. The van der Waals surface area contributed by atoms with Gasteiger partial charge < -0.3 is 9.30 Å². The van der Waals surface area contributed by atoms with Crippen molar-refractivity contribution in [3.63, 3.8) is 0 Å². The summed E-state index contributed by atoms with van der Waals surface area (Å²) in [6.45, 7) is 2.43. The molecule has 9 aromatic rings. The maximum atomic E-state index is 7.16. The van der Waals surface area contributed by atoms with Crippen LogP contribution in [0.2, 0.25) is 0 Å². The molecule has 0 aliphatic carbocycles. The highest BCUT2D eigenvalue weighted by molar-refractivity contribution is 7.02. The number of hydrogen-bond donors (Lipinski definition) is 0. The van der Waals surface area contributed by atoms with E-state index in [0.717, 1.165) is 17.2 Å². The van der Waals surface area contributed by atoms with E-state index in [4.69, 9.17) is 4.74 Å². The van der Waals surface area contributed by atoms with Gasteiger partial charge in [-0.25, -0.2) is 0 Å². The van der Waals surface area contributed by atoms with Crippen LogP contribution in [0.3, 0.4) is 0 Å². The fraction of sp³-hybridized carbons (Fsp3) is 0.0256. The Morgan fingerprint density at radius 3 is 2.16 bits per heavy atom. The number of fused-ring (bicyclic) bond motifs is 12. The van der Waals surface area contributed by atoms with Crippen LogP contribution in [0.4, 0.5) is 0 Å². The molecule has 0 atom stereocenters. The lowest BCUT2D eigenvalue weighted by Crippen LogP contribution is -2.55. The molecule has 12 rings (SSSR count). The van der Waals surface area contributed by atoms with Crippen molar-refractivity contribution in [1.82, 2.24) is 13.5 Å². The molecule has 0 fully saturated rings. The van der Waals surface area contributed by atoms with Gasteiger partial charge in [0.1, 0.15) is 17.1 Å². The summed E-state index contributed by atoms with van der Waals surface area (Å²) in [6, 6.07) is 42.0. The monoisotopic (exact) mass is 559 g/mol. The van der Waals surface area contributed by atoms with Gasteiger partial charge in [-0.2, -0.15) is 0 Å². The number of nitrogens with zero attached hydrogens (tertiary/aromatic N) is 3. The predicted molar refractivity (Wildman–Crippen MR) is 181 cm³/mol. The van der Waals surface area contributed by atoms with E-state index >= 15 is 0 Å². The van der Waals surface area contributed by atoms with E-state index in [9.17, 15) is 0 Å². The first kappa shape index (κ1) is 21.9. The molecule has 0 radical (unpaired) electrons. The van der Waals surface area contributed by atoms with Gasteiger partial charge in [0.2, 0.25) is 0 Å². The number of aromatic nitrogens is 3. The highest BCUT2D eigenvalue weighted by atomic mass is 16.5. The first-order valence-electron chi connectivity index (χ1n) is 15.3. The molecule has 6 aromatic carbocycles. The van der Waals surface area contributed by atoms with E-state index in [1.54, 1.807) is 0 Å². The Labute approximate surface area is 252 Å². The molecule has 5 heteroatoms. The maximum absolute atomic E-state index is 7.16. The van der Waals surface area contributed by atoms with Gasteiger partial charge in [-0.15, -0.1) is 0 Å². The maximum Gasteiger partial charge on any atom is 0.258 e. The summed E-state index contributed by atoms with van der Waals surface area (Å²) in [5.41, 5.74) is 17.7. The van der Waals surface area contributed by atoms with E-state index in [1.807, 2.05) is 0 Å². The molecule has 4 nitrogen and oxygen atoms in total. The summed E-state index contributed by atoms with van der Waals surface area (Å²) < 4.78 is 14.7. The summed E-state index contributed by atoms with van der Waals surface area (Å²) in [7, 11) is 0. The Morgan fingerprint density at radius 2 is 1.30 bits per heavy atom. The lowest BCUT2D eigenvalue weighted by molar-refractivity contribution is 0.494. The van der Waals surface area contributed by atoms with E-state index in [2.05, 4.69) is 136 Å². The molecule has 0 saturated heterocycles. The Morgan fingerprint density at radius 1 is 0.568 bits per heavy atom. The topological polar surface area (TPSA) is 23.5 Å². The zero-order chi connectivity index (χ0) is 28.4. The average Bonchev–Trinajstić information content (AvgIpc) is 3.79. The lowest BCUT2D eigenvalue weighted by Gasteiger charge is -2.30. The minimum atomic E-state index is 0.139. The smallest absolute Gasteiger partial charge is 0.258 e. The highest BCUT2D eigenvalue weighted by Crippen LogP contribution is 2.49. The first-order chi connectivity index (χ1) is 21.8. The number of para-hydroxylation sites is 3. The lowest BCUT2D eigenvalue weighted by atomic mass is 9.36. The fourth-order valence-electron chi connectivity index (χ4n) is 9.05. The molecule has 3 aliphatic rings. The van der Waals surface area contributed by atoms with Crippen LogP contribution in [0.15, 0.2) is 115 Å². The summed E-state index contributed by atoms with van der Waals surface area (Å²) in [5, 5.41) is 3.69. The van der Waals surface area contributed by atoms with Gasteiger partial charge >= 0.3 is 0 Å². The van der Waals surface area contributed by atoms with Crippen LogP contribution in [0, 0.1) is 6.92 Å². The minimum Gasteiger partial charge on any atom is -0.458 e. The molecule has 3 aliphatic heterocycles. The number of hydrogen-bond acceptors (Lipinski definition) is 1. The second-order valence-corrected chi connectivity index (χ2v) is 12.5. The van der Waals surface area contributed by atoms with Gasteiger partial charge in [0, 0.05) is 27.7 Å². The largest absolute Gasteiger partial charge is 0.458 e. The summed E-state index contributed by atoms with van der Waals surface area (Å²) in [6.07, 6.45) is 0. The van der Waals surface area contributed by atoms with E-state index < -0.39 is 0 Å². The number of ether oxygens (including phenoxy) is 1. The van der Waals surface area contributed by atoms with Crippen molar-refractivity contribution in [3.05, 3.63) is 121 Å². The van der Waals surface area contributed by atoms with Gasteiger partial charge in [0.05, 0.1) is 33.0 Å². The number of aryl methyl sites for hydroxylation is 1. The Balaban J connectivity index is 1.47.